The van der Waals surface area contributed by atoms with Gasteiger partial charge in [0.15, 0.2) is 0 Å². The van der Waals surface area contributed by atoms with Crippen LogP contribution in [0.2, 0.25) is 0 Å². The predicted molar refractivity (Wildman–Crippen MR) is 53.4 cm³/mol. The summed E-state index contributed by atoms with van der Waals surface area (Å²) < 4.78 is 2.29. The zero-order valence-corrected chi connectivity index (χ0v) is 8.42. The van der Waals surface area contributed by atoms with Crippen LogP contribution >= 0.6 is 0 Å². The lowest BCUT2D eigenvalue weighted by molar-refractivity contribution is -0.136. The Hall–Kier alpha value is -1.25. The van der Waals surface area contributed by atoms with Crippen molar-refractivity contribution >= 4 is 5.97 Å². The monoisotopic (exact) mass is 193 g/mol. The first-order valence-corrected chi connectivity index (χ1v) is 5.08. The molecule has 2 heterocycles. The lowest BCUT2D eigenvalue weighted by Gasteiger charge is -2.05. The van der Waals surface area contributed by atoms with Crippen molar-refractivity contribution in [1.82, 2.24) is 4.57 Å². The number of fused-ring (bicyclic) bond motifs is 1. The topological polar surface area (TPSA) is 42.2 Å². The van der Waals surface area contributed by atoms with Crippen molar-refractivity contribution in [1.29, 1.82) is 0 Å². The van der Waals surface area contributed by atoms with Gasteiger partial charge in [-0.2, -0.15) is 0 Å². The van der Waals surface area contributed by atoms with E-state index in [1.54, 1.807) is 0 Å². The molecule has 76 valence electrons. The Morgan fingerprint density at radius 1 is 1.64 bits per heavy atom. The number of carboxylic acids is 1. The molecule has 0 amide bonds. The maximum atomic E-state index is 10.5. The van der Waals surface area contributed by atoms with Gasteiger partial charge in [0.05, 0.1) is 6.42 Å². The summed E-state index contributed by atoms with van der Waals surface area (Å²) in [5, 5.41) is 8.64. The smallest absolute Gasteiger partial charge is 0.303 e. The van der Waals surface area contributed by atoms with Crippen LogP contribution in [0, 0.1) is 6.92 Å². The molecule has 1 N–H and O–H groups in total. The molecule has 0 fully saturated rings. The van der Waals surface area contributed by atoms with Crippen LogP contribution in [0.4, 0.5) is 0 Å². The third kappa shape index (κ3) is 1.54. The van der Waals surface area contributed by atoms with Gasteiger partial charge in [0.25, 0.3) is 0 Å². The molecule has 3 nitrogen and oxygen atoms in total. The largest absolute Gasteiger partial charge is 0.481 e. The molecule has 0 atom stereocenters. The lowest BCUT2D eigenvalue weighted by atomic mass is 10.1. The van der Waals surface area contributed by atoms with E-state index in [-0.39, 0.29) is 6.42 Å². The summed E-state index contributed by atoms with van der Waals surface area (Å²) in [6, 6.07) is 2.20. The molecular formula is C11H15NO2. The minimum absolute atomic E-state index is 0.240. The van der Waals surface area contributed by atoms with Crippen LogP contribution in [0.5, 0.6) is 0 Å². The van der Waals surface area contributed by atoms with Crippen LogP contribution in [0.25, 0.3) is 0 Å². The molecule has 0 aliphatic carbocycles. The van der Waals surface area contributed by atoms with E-state index in [4.69, 9.17) is 5.11 Å². The Bertz CT molecular complexity index is 366. The molecule has 0 unspecified atom stereocenters. The molecule has 0 saturated carbocycles. The van der Waals surface area contributed by atoms with E-state index in [2.05, 4.69) is 17.6 Å². The summed E-state index contributed by atoms with van der Waals surface area (Å²) >= 11 is 0. The summed E-state index contributed by atoms with van der Waals surface area (Å²) in [5.74, 6) is -0.710. The molecular weight excluding hydrogens is 178 g/mol. The number of aryl methyl sites for hydroxylation is 2. The fourth-order valence-electron chi connectivity index (χ4n) is 2.26. The van der Waals surface area contributed by atoms with E-state index in [0.29, 0.717) is 6.42 Å². The molecule has 0 spiro atoms. The average molecular weight is 193 g/mol. The van der Waals surface area contributed by atoms with E-state index in [1.165, 1.54) is 23.4 Å². The highest BCUT2D eigenvalue weighted by molar-refractivity contribution is 5.67. The van der Waals surface area contributed by atoms with Crippen LogP contribution in [-0.4, -0.2) is 15.6 Å². The number of aromatic nitrogens is 1. The average Bonchev–Trinajstić information content (AvgIpc) is 2.61. The van der Waals surface area contributed by atoms with Gasteiger partial charge < -0.3 is 9.67 Å². The molecule has 1 aliphatic rings. The Morgan fingerprint density at radius 3 is 3.14 bits per heavy atom. The highest BCUT2D eigenvalue weighted by Crippen LogP contribution is 2.23. The number of hydrogen-bond donors (Lipinski definition) is 1. The Morgan fingerprint density at radius 2 is 2.43 bits per heavy atom. The van der Waals surface area contributed by atoms with Crippen molar-refractivity contribution in [2.45, 2.75) is 39.2 Å². The number of carbonyl (C=O) groups is 1. The minimum atomic E-state index is -0.710. The number of hydrogen-bond acceptors (Lipinski definition) is 1. The van der Waals surface area contributed by atoms with Crippen molar-refractivity contribution in [3.63, 3.8) is 0 Å². The minimum Gasteiger partial charge on any atom is -0.481 e. The number of aliphatic carboxylic acids is 1. The van der Waals surface area contributed by atoms with Gasteiger partial charge in [-0.1, -0.05) is 0 Å². The standard InChI is InChI=1S/C11H15NO2/c1-8-7-9-3-2-6-12(9)10(8)4-5-11(13)14/h7H,2-6H2,1H3,(H,13,14). The third-order valence-corrected chi connectivity index (χ3v) is 2.90. The Balaban J connectivity index is 2.20. The fraction of sp³-hybridized carbons (Fsp3) is 0.545. The van der Waals surface area contributed by atoms with Crippen LogP contribution in [0.3, 0.4) is 0 Å². The van der Waals surface area contributed by atoms with Crippen molar-refractivity contribution in [3.8, 4) is 0 Å². The van der Waals surface area contributed by atoms with Crippen molar-refractivity contribution in [2.24, 2.45) is 0 Å². The molecule has 1 aromatic rings. The number of rotatable bonds is 3. The maximum absolute atomic E-state index is 10.5. The lowest BCUT2D eigenvalue weighted by Crippen LogP contribution is -2.04. The van der Waals surface area contributed by atoms with Crippen LogP contribution in [-0.2, 0) is 24.2 Å². The van der Waals surface area contributed by atoms with Gasteiger partial charge in [-0.25, -0.2) is 0 Å². The number of carboxylic acid groups (broad SMARTS) is 1. The van der Waals surface area contributed by atoms with Gasteiger partial charge in [0.1, 0.15) is 0 Å². The molecule has 3 heteroatoms. The number of nitrogens with zero attached hydrogens (tertiary/aromatic N) is 1. The van der Waals surface area contributed by atoms with Gasteiger partial charge >= 0.3 is 5.97 Å². The molecule has 1 aromatic heterocycles. The molecule has 14 heavy (non-hydrogen) atoms. The molecule has 0 radical (unpaired) electrons. The third-order valence-electron chi connectivity index (χ3n) is 2.90. The Labute approximate surface area is 83.4 Å². The van der Waals surface area contributed by atoms with Gasteiger partial charge in [-0.05, 0) is 37.8 Å². The fourth-order valence-corrected chi connectivity index (χ4v) is 2.26. The van der Waals surface area contributed by atoms with Gasteiger partial charge in [0.2, 0.25) is 0 Å². The molecule has 0 saturated heterocycles. The van der Waals surface area contributed by atoms with Crippen molar-refractivity contribution < 1.29 is 9.90 Å². The van der Waals surface area contributed by atoms with Gasteiger partial charge in [0, 0.05) is 17.9 Å². The zero-order valence-electron chi connectivity index (χ0n) is 8.42. The Kier molecular flexibility index (Phi) is 2.32. The molecule has 0 aromatic carbocycles. The van der Waals surface area contributed by atoms with E-state index in [9.17, 15) is 4.79 Å². The van der Waals surface area contributed by atoms with E-state index >= 15 is 0 Å². The summed E-state index contributed by atoms with van der Waals surface area (Å²) in [6.45, 7) is 3.14. The second kappa shape index (κ2) is 3.48. The van der Waals surface area contributed by atoms with Crippen LogP contribution in [0.15, 0.2) is 6.07 Å². The molecule has 1 aliphatic heterocycles. The van der Waals surface area contributed by atoms with Crippen molar-refractivity contribution in [3.05, 3.63) is 23.0 Å². The highest BCUT2D eigenvalue weighted by Gasteiger charge is 2.17. The van der Waals surface area contributed by atoms with Gasteiger partial charge in [-0.3, -0.25) is 4.79 Å². The first-order valence-electron chi connectivity index (χ1n) is 5.08. The summed E-state index contributed by atoms with van der Waals surface area (Å²) in [5.41, 5.74) is 3.85. The highest BCUT2D eigenvalue weighted by atomic mass is 16.4. The summed E-state index contributed by atoms with van der Waals surface area (Å²) in [4.78, 5) is 10.5. The summed E-state index contributed by atoms with van der Waals surface area (Å²) in [7, 11) is 0. The first kappa shape index (κ1) is 9.31. The maximum Gasteiger partial charge on any atom is 0.303 e. The predicted octanol–water partition coefficient (Wildman–Crippen LogP) is 1.76. The van der Waals surface area contributed by atoms with E-state index in [0.717, 1.165) is 13.0 Å². The second-order valence-electron chi connectivity index (χ2n) is 3.91. The molecule has 2 rings (SSSR count). The quantitative estimate of drug-likeness (QED) is 0.794. The van der Waals surface area contributed by atoms with Crippen molar-refractivity contribution in [2.75, 3.05) is 0 Å². The summed E-state index contributed by atoms with van der Waals surface area (Å²) in [6.07, 6.45) is 3.26. The van der Waals surface area contributed by atoms with Gasteiger partial charge in [-0.15, -0.1) is 0 Å². The van der Waals surface area contributed by atoms with Crippen LogP contribution < -0.4 is 0 Å². The second-order valence-corrected chi connectivity index (χ2v) is 3.91. The SMILES string of the molecule is Cc1cc2n(c1CCC(=O)O)CCC2. The van der Waals surface area contributed by atoms with E-state index in [1.807, 2.05) is 0 Å². The van der Waals surface area contributed by atoms with E-state index < -0.39 is 5.97 Å². The molecule has 0 bridgehead atoms. The first-order chi connectivity index (χ1) is 6.68. The zero-order chi connectivity index (χ0) is 10.1. The normalized spacial score (nSPS) is 14.4. The van der Waals surface area contributed by atoms with Crippen LogP contribution in [0.1, 0.15) is 29.8 Å².